The molecule has 10 nitrogen and oxygen atoms in total. The minimum absolute atomic E-state index is 0.00117. The van der Waals surface area contributed by atoms with Gasteiger partial charge in [0.25, 0.3) is 0 Å². The van der Waals surface area contributed by atoms with E-state index in [0.717, 1.165) is 6.20 Å². The van der Waals surface area contributed by atoms with Crippen LogP contribution in [-0.4, -0.2) is 38.8 Å². The summed E-state index contributed by atoms with van der Waals surface area (Å²) < 4.78 is 6.25. The van der Waals surface area contributed by atoms with Crippen LogP contribution in [0, 0.1) is 22.4 Å². The summed E-state index contributed by atoms with van der Waals surface area (Å²) in [5, 5.41) is 20.1. The van der Waals surface area contributed by atoms with Crippen LogP contribution in [0.3, 0.4) is 0 Å². The molecule has 1 aromatic rings. The molecule has 120 valence electrons. The number of carbonyl (C=O) groups is 2. The second-order valence-corrected chi connectivity index (χ2v) is 4.47. The lowest BCUT2D eigenvalue weighted by Crippen LogP contribution is -2.28. The van der Waals surface area contributed by atoms with Crippen molar-refractivity contribution in [1.82, 2.24) is 14.9 Å². The molecular weight excluding hydrogens is 294 g/mol. The first-order valence-corrected chi connectivity index (χ1v) is 6.48. The lowest BCUT2D eigenvalue weighted by molar-refractivity contribution is -0.392. The Kier molecular flexibility index (Phi) is 6.17. The van der Waals surface area contributed by atoms with Gasteiger partial charge in [-0.2, -0.15) is 0 Å². The predicted molar refractivity (Wildman–Crippen MR) is 75.4 cm³/mol. The summed E-state index contributed by atoms with van der Waals surface area (Å²) >= 11 is 0. The fourth-order valence-electron chi connectivity index (χ4n) is 1.69. The van der Waals surface area contributed by atoms with Crippen LogP contribution in [0.4, 0.5) is 5.82 Å². The number of aromatic nitrogens is 2. The predicted octanol–water partition coefficient (Wildman–Crippen LogP) is 0.536. The van der Waals surface area contributed by atoms with Crippen molar-refractivity contribution in [3.8, 4) is 0 Å². The Hall–Kier alpha value is -2.78. The lowest BCUT2D eigenvalue weighted by Gasteiger charge is -2.05. The van der Waals surface area contributed by atoms with Gasteiger partial charge in [-0.1, -0.05) is 0 Å². The van der Waals surface area contributed by atoms with Crippen molar-refractivity contribution in [2.45, 2.75) is 33.2 Å². The van der Waals surface area contributed by atoms with Crippen molar-refractivity contribution >= 4 is 23.5 Å². The number of nitrogens with zero attached hydrogens (tertiary/aromatic N) is 3. The number of nitrogens with one attached hydrogen (secondary N) is 2. The van der Waals surface area contributed by atoms with Gasteiger partial charge in [0.15, 0.2) is 5.82 Å². The number of esters is 1. The van der Waals surface area contributed by atoms with Gasteiger partial charge in [0.2, 0.25) is 5.91 Å². The van der Waals surface area contributed by atoms with Crippen LogP contribution in [0.25, 0.3) is 0 Å². The first-order valence-electron chi connectivity index (χ1n) is 6.48. The molecule has 0 aliphatic carbocycles. The molecule has 1 heterocycles. The molecule has 0 atom stereocenters. The maximum absolute atomic E-state index is 11.5. The van der Waals surface area contributed by atoms with Gasteiger partial charge in [-0.25, -0.2) is 9.55 Å². The largest absolute Gasteiger partial charge is 0.461 e. The third kappa shape index (κ3) is 5.31. The number of carbonyl (C=O) groups excluding carboxylic acids is 2. The zero-order valence-electron chi connectivity index (χ0n) is 12.3. The van der Waals surface area contributed by atoms with E-state index in [4.69, 9.17) is 10.1 Å². The zero-order chi connectivity index (χ0) is 16.7. The van der Waals surface area contributed by atoms with E-state index in [2.05, 4.69) is 10.3 Å². The van der Waals surface area contributed by atoms with Crippen LogP contribution in [0.15, 0.2) is 6.20 Å². The van der Waals surface area contributed by atoms with Gasteiger partial charge in [-0.15, -0.1) is 0 Å². The average molecular weight is 311 g/mol. The topological polar surface area (TPSA) is 140 Å². The van der Waals surface area contributed by atoms with Gasteiger partial charge in [0.1, 0.15) is 19.3 Å². The number of ether oxygens (including phenoxy) is 1. The Balaban J connectivity index is 2.37. The van der Waals surface area contributed by atoms with Gasteiger partial charge in [-0.3, -0.25) is 15.0 Å². The molecule has 1 rings (SSSR count). The van der Waals surface area contributed by atoms with Crippen molar-refractivity contribution in [3.63, 3.8) is 0 Å². The second-order valence-electron chi connectivity index (χ2n) is 4.47. The summed E-state index contributed by atoms with van der Waals surface area (Å²) in [4.78, 5) is 36.7. The number of imidazole rings is 1. The summed E-state index contributed by atoms with van der Waals surface area (Å²) in [6.07, 6.45) is 0.935. The molecule has 0 unspecified atom stereocenters. The van der Waals surface area contributed by atoms with E-state index in [1.807, 2.05) is 0 Å². The number of nitro groups is 1. The van der Waals surface area contributed by atoms with Crippen LogP contribution >= 0.6 is 0 Å². The third-order valence-electron chi connectivity index (χ3n) is 2.68. The SMILES string of the molecule is CC(=N)NC(=O)CCC(=O)OCCn1c([N+](=O)[O-])cnc1C. The third-order valence-corrected chi connectivity index (χ3v) is 2.68. The molecule has 0 fully saturated rings. The van der Waals surface area contributed by atoms with Crippen LogP contribution in [-0.2, 0) is 20.9 Å². The Morgan fingerprint density at radius 2 is 2.18 bits per heavy atom. The number of hydrogen-bond donors (Lipinski definition) is 2. The van der Waals surface area contributed by atoms with E-state index in [1.54, 1.807) is 6.92 Å². The smallest absolute Gasteiger partial charge is 0.342 e. The fourth-order valence-corrected chi connectivity index (χ4v) is 1.69. The molecule has 0 aliphatic rings. The summed E-state index contributed by atoms with van der Waals surface area (Å²) in [7, 11) is 0. The molecule has 10 heteroatoms. The molecule has 0 spiro atoms. The normalized spacial score (nSPS) is 10.1. The highest BCUT2D eigenvalue weighted by Crippen LogP contribution is 2.13. The first-order chi connectivity index (χ1) is 10.3. The first kappa shape index (κ1) is 17.3. The van der Waals surface area contributed by atoms with E-state index >= 15 is 0 Å². The Morgan fingerprint density at radius 1 is 1.50 bits per heavy atom. The quantitative estimate of drug-likeness (QED) is 0.247. The standard InChI is InChI=1S/C12H17N5O5/c1-8(13)15-10(18)3-4-12(19)22-6-5-16-9(2)14-7-11(16)17(20)21/h7H,3-6H2,1-2H3,(H2,13,15,18). The zero-order valence-corrected chi connectivity index (χ0v) is 12.3. The minimum atomic E-state index is -0.585. The van der Waals surface area contributed by atoms with E-state index < -0.39 is 16.8 Å². The molecule has 22 heavy (non-hydrogen) atoms. The summed E-state index contributed by atoms with van der Waals surface area (Å²) in [6.45, 7) is 3.08. The van der Waals surface area contributed by atoms with E-state index in [0.29, 0.717) is 5.82 Å². The van der Waals surface area contributed by atoms with E-state index in [-0.39, 0.29) is 37.6 Å². The van der Waals surface area contributed by atoms with Crippen molar-refractivity contribution in [1.29, 1.82) is 5.41 Å². The molecule has 0 saturated carbocycles. The highest BCUT2D eigenvalue weighted by atomic mass is 16.6. The monoisotopic (exact) mass is 311 g/mol. The van der Waals surface area contributed by atoms with Crippen molar-refractivity contribution in [2.24, 2.45) is 0 Å². The molecule has 0 radical (unpaired) electrons. The minimum Gasteiger partial charge on any atom is -0.461 e. The van der Waals surface area contributed by atoms with E-state index in [9.17, 15) is 19.7 Å². The fraction of sp³-hybridized carbons (Fsp3) is 0.500. The Morgan fingerprint density at radius 3 is 2.77 bits per heavy atom. The van der Waals surface area contributed by atoms with Crippen LogP contribution in [0.5, 0.6) is 0 Å². The van der Waals surface area contributed by atoms with Gasteiger partial charge in [0.05, 0.1) is 12.3 Å². The molecular formula is C12H17N5O5. The van der Waals surface area contributed by atoms with Crippen molar-refractivity contribution in [3.05, 3.63) is 22.1 Å². The summed E-state index contributed by atoms with van der Waals surface area (Å²) in [6, 6.07) is 0. The van der Waals surface area contributed by atoms with Gasteiger partial charge < -0.3 is 20.2 Å². The number of aryl methyl sites for hydroxylation is 1. The van der Waals surface area contributed by atoms with Crippen molar-refractivity contribution in [2.75, 3.05) is 6.61 Å². The molecule has 1 aromatic heterocycles. The Labute approximate surface area is 126 Å². The number of hydrogen-bond acceptors (Lipinski definition) is 7. The Bertz CT molecular complexity index is 595. The molecule has 0 saturated heterocycles. The van der Waals surface area contributed by atoms with Crippen LogP contribution < -0.4 is 5.32 Å². The number of amides is 1. The van der Waals surface area contributed by atoms with Crippen LogP contribution in [0.2, 0.25) is 0 Å². The molecule has 0 aliphatic heterocycles. The highest BCUT2D eigenvalue weighted by Gasteiger charge is 2.17. The number of amidine groups is 1. The number of rotatable bonds is 7. The van der Waals surface area contributed by atoms with Crippen molar-refractivity contribution < 1.29 is 19.2 Å². The maximum Gasteiger partial charge on any atom is 0.342 e. The lowest BCUT2D eigenvalue weighted by atomic mass is 10.3. The van der Waals surface area contributed by atoms with Gasteiger partial charge in [0, 0.05) is 13.3 Å². The molecule has 2 N–H and O–H groups in total. The molecule has 0 bridgehead atoms. The van der Waals surface area contributed by atoms with Crippen LogP contribution in [0.1, 0.15) is 25.6 Å². The molecule has 1 amide bonds. The second kappa shape index (κ2) is 7.86. The summed E-state index contributed by atoms with van der Waals surface area (Å²) in [5.74, 6) is -0.747. The molecule has 0 aromatic carbocycles. The van der Waals surface area contributed by atoms with Gasteiger partial charge >= 0.3 is 11.8 Å². The summed E-state index contributed by atoms with van der Waals surface area (Å²) in [5.41, 5.74) is 0. The van der Waals surface area contributed by atoms with Gasteiger partial charge in [-0.05, 0) is 11.8 Å². The van der Waals surface area contributed by atoms with E-state index in [1.165, 1.54) is 11.5 Å². The average Bonchev–Trinajstić information content (AvgIpc) is 2.77. The highest BCUT2D eigenvalue weighted by molar-refractivity contribution is 5.96. The maximum atomic E-state index is 11.5.